The maximum atomic E-state index is 13.0. The van der Waals surface area contributed by atoms with E-state index in [2.05, 4.69) is 0 Å². The van der Waals surface area contributed by atoms with Crippen molar-refractivity contribution in [3.05, 3.63) is 53.7 Å². The van der Waals surface area contributed by atoms with E-state index in [0.717, 1.165) is 6.07 Å². The number of hydrogen-bond acceptors (Lipinski definition) is 4. The van der Waals surface area contributed by atoms with Crippen LogP contribution in [-0.4, -0.2) is 13.5 Å². The molecule has 96 valence electrons. The number of aliphatic hydroxyl groups is 1. The van der Waals surface area contributed by atoms with E-state index in [1.807, 2.05) is 0 Å². The zero-order valence-corrected chi connectivity index (χ0v) is 10.2. The quantitative estimate of drug-likeness (QED) is 0.921. The second-order valence-corrected chi connectivity index (χ2v) is 5.73. The number of furan rings is 1. The minimum Gasteiger partial charge on any atom is -0.463 e. The molecule has 2 rings (SSSR count). The summed E-state index contributed by atoms with van der Waals surface area (Å²) in [6, 6.07) is 7.78. The number of hydrogen-bond donors (Lipinski definition) is 1. The van der Waals surface area contributed by atoms with E-state index in [-0.39, 0.29) is 23.0 Å². The first-order chi connectivity index (χ1) is 8.51. The normalized spacial score (nSPS) is 11.7. The lowest BCUT2D eigenvalue weighted by Gasteiger charge is -2.02. The Morgan fingerprint density at radius 3 is 2.50 bits per heavy atom. The van der Waals surface area contributed by atoms with Gasteiger partial charge in [-0.15, -0.1) is 0 Å². The summed E-state index contributed by atoms with van der Waals surface area (Å²) in [6.07, 6.45) is 0. The van der Waals surface area contributed by atoms with Gasteiger partial charge >= 0.3 is 0 Å². The highest BCUT2D eigenvalue weighted by Gasteiger charge is 2.18. The predicted octanol–water partition coefficient (Wildman–Crippen LogP) is 1.88. The lowest BCUT2D eigenvalue weighted by atomic mass is 10.4. The fraction of sp³-hybridized carbons (Fsp3) is 0.167. The first-order valence-electron chi connectivity index (χ1n) is 5.18. The third-order valence-electron chi connectivity index (χ3n) is 2.36. The Morgan fingerprint density at radius 2 is 1.89 bits per heavy atom. The monoisotopic (exact) mass is 270 g/mol. The fourth-order valence-corrected chi connectivity index (χ4v) is 2.79. The summed E-state index contributed by atoms with van der Waals surface area (Å²) in [5.41, 5.74) is 0. The van der Waals surface area contributed by atoms with Crippen molar-refractivity contribution in [2.45, 2.75) is 17.3 Å². The van der Waals surface area contributed by atoms with Crippen molar-refractivity contribution in [1.82, 2.24) is 0 Å². The molecule has 18 heavy (non-hydrogen) atoms. The van der Waals surface area contributed by atoms with Gasteiger partial charge in [-0.1, -0.05) is 6.07 Å². The van der Waals surface area contributed by atoms with Crippen LogP contribution in [0.5, 0.6) is 0 Å². The van der Waals surface area contributed by atoms with Gasteiger partial charge in [0, 0.05) is 0 Å². The van der Waals surface area contributed by atoms with Gasteiger partial charge in [-0.25, -0.2) is 12.8 Å². The van der Waals surface area contributed by atoms with Crippen molar-refractivity contribution in [3.63, 3.8) is 0 Å². The van der Waals surface area contributed by atoms with Gasteiger partial charge in [-0.2, -0.15) is 0 Å². The summed E-state index contributed by atoms with van der Waals surface area (Å²) in [5, 5.41) is 8.81. The van der Waals surface area contributed by atoms with E-state index in [9.17, 15) is 12.8 Å². The zero-order valence-electron chi connectivity index (χ0n) is 9.34. The van der Waals surface area contributed by atoms with E-state index in [0.29, 0.717) is 5.76 Å². The van der Waals surface area contributed by atoms with Crippen molar-refractivity contribution in [2.75, 3.05) is 0 Å². The van der Waals surface area contributed by atoms with E-state index in [4.69, 9.17) is 9.52 Å². The van der Waals surface area contributed by atoms with Crippen LogP contribution in [-0.2, 0) is 22.2 Å². The van der Waals surface area contributed by atoms with Gasteiger partial charge in [0.1, 0.15) is 29.7 Å². The molecule has 0 aliphatic rings. The summed E-state index contributed by atoms with van der Waals surface area (Å²) >= 11 is 0. The fourth-order valence-electron chi connectivity index (χ4n) is 1.52. The molecule has 1 aromatic heterocycles. The first kappa shape index (κ1) is 12.8. The van der Waals surface area contributed by atoms with E-state index < -0.39 is 15.7 Å². The second kappa shape index (κ2) is 4.91. The van der Waals surface area contributed by atoms with Gasteiger partial charge in [0.2, 0.25) is 0 Å². The topological polar surface area (TPSA) is 67.5 Å². The number of benzene rings is 1. The molecule has 0 saturated carbocycles. The van der Waals surface area contributed by atoms with Crippen LogP contribution in [0.1, 0.15) is 11.5 Å². The van der Waals surface area contributed by atoms with Gasteiger partial charge in [0.25, 0.3) is 0 Å². The molecule has 1 N–H and O–H groups in total. The van der Waals surface area contributed by atoms with Gasteiger partial charge < -0.3 is 9.52 Å². The molecule has 4 nitrogen and oxygen atoms in total. The van der Waals surface area contributed by atoms with Gasteiger partial charge in [0.05, 0.1) is 4.90 Å². The molecule has 6 heteroatoms. The average molecular weight is 270 g/mol. The second-order valence-electron chi connectivity index (χ2n) is 3.74. The number of sulfone groups is 1. The van der Waals surface area contributed by atoms with Gasteiger partial charge in [-0.3, -0.25) is 0 Å². The third kappa shape index (κ3) is 2.77. The van der Waals surface area contributed by atoms with Gasteiger partial charge in [0.15, 0.2) is 9.84 Å². The molecule has 0 aliphatic carbocycles. The minimum absolute atomic E-state index is 0.0931. The lowest BCUT2D eigenvalue weighted by Crippen LogP contribution is -2.04. The summed E-state index contributed by atoms with van der Waals surface area (Å²) in [7, 11) is -3.65. The highest BCUT2D eigenvalue weighted by molar-refractivity contribution is 7.90. The Hall–Kier alpha value is -1.66. The largest absolute Gasteiger partial charge is 0.463 e. The molecule has 0 unspecified atom stereocenters. The molecule has 0 fully saturated rings. The van der Waals surface area contributed by atoms with Crippen LogP contribution in [0.4, 0.5) is 4.39 Å². The highest BCUT2D eigenvalue weighted by Crippen LogP contribution is 2.18. The van der Waals surface area contributed by atoms with Crippen molar-refractivity contribution in [2.24, 2.45) is 0 Å². The molecule has 0 aliphatic heterocycles. The first-order valence-corrected chi connectivity index (χ1v) is 6.83. The van der Waals surface area contributed by atoms with Crippen molar-refractivity contribution >= 4 is 9.84 Å². The molecule has 0 spiro atoms. The number of aliphatic hydroxyl groups excluding tert-OH is 1. The summed E-state index contributed by atoms with van der Waals surface area (Å²) < 4.78 is 42.0. The van der Waals surface area contributed by atoms with E-state index >= 15 is 0 Å². The van der Waals surface area contributed by atoms with Crippen LogP contribution in [0.25, 0.3) is 0 Å². The summed E-state index contributed by atoms with van der Waals surface area (Å²) in [5.74, 6) is -0.467. The molecule has 0 atom stereocenters. The maximum absolute atomic E-state index is 13.0. The Balaban J connectivity index is 2.27. The molecule has 0 bridgehead atoms. The standard InChI is InChI=1S/C12H11FO4S/c13-9-2-1-3-12(6-9)18(15,16)8-11-5-4-10(7-14)17-11/h1-6,14H,7-8H2. The third-order valence-corrected chi connectivity index (χ3v) is 4.00. The van der Waals surface area contributed by atoms with Crippen LogP contribution in [0.3, 0.4) is 0 Å². The van der Waals surface area contributed by atoms with Gasteiger partial charge in [-0.05, 0) is 30.3 Å². The molecule has 0 amide bonds. The summed E-state index contributed by atoms with van der Waals surface area (Å²) in [4.78, 5) is -0.0931. The predicted molar refractivity (Wildman–Crippen MR) is 61.9 cm³/mol. The highest BCUT2D eigenvalue weighted by atomic mass is 32.2. The molecule has 2 aromatic rings. The van der Waals surface area contributed by atoms with Crippen LogP contribution in [0.15, 0.2) is 45.7 Å². The van der Waals surface area contributed by atoms with Crippen LogP contribution in [0.2, 0.25) is 0 Å². The Bertz CT molecular complexity index is 646. The van der Waals surface area contributed by atoms with Crippen LogP contribution in [0, 0.1) is 5.82 Å². The number of rotatable bonds is 4. The SMILES string of the molecule is O=S(=O)(Cc1ccc(CO)o1)c1cccc(F)c1. The van der Waals surface area contributed by atoms with Crippen molar-refractivity contribution < 1.29 is 22.3 Å². The molecular weight excluding hydrogens is 259 g/mol. The smallest absolute Gasteiger partial charge is 0.185 e. The number of halogens is 1. The maximum Gasteiger partial charge on any atom is 0.185 e. The molecule has 1 aromatic carbocycles. The lowest BCUT2D eigenvalue weighted by molar-refractivity contribution is 0.244. The van der Waals surface area contributed by atoms with E-state index in [1.54, 1.807) is 0 Å². The Morgan fingerprint density at radius 1 is 1.17 bits per heavy atom. The average Bonchev–Trinajstić information content (AvgIpc) is 2.76. The summed E-state index contributed by atoms with van der Waals surface area (Å²) in [6.45, 7) is -0.292. The van der Waals surface area contributed by atoms with Crippen LogP contribution >= 0.6 is 0 Å². The molecular formula is C12H11FO4S. The Labute approximate surface area is 104 Å². The van der Waals surface area contributed by atoms with Crippen molar-refractivity contribution in [1.29, 1.82) is 0 Å². The zero-order chi connectivity index (χ0) is 13.2. The Kier molecular flexibility index (Phi) is 3.49. The van der Waals surface area contributed by atoms with Crippen LogP contribution < -0.4 is 0 Å². The minimum atomic E-state index is -3.65. The molecule has 0 saturated heterocycles. The van der Waals surface area contributed by atoms with Crippen molar-refractivity contribution in [3.8, 4) is 0 Å². The molecule has 0 radical (unpaired) electrons. The molecule has 1 heterocycles. The van der Waals surface area contributed by atoms with E-state index in [1.165, 1.54) is 30.3 Å².